The van der Waals surface area contributed by atoms with Gasteiger partial charge in [-0.2, -0.15) is 0 Å². The molecule has 0 aliphatic heterocycles. The van der Waals surface area contributed by atoms with Crippen LogP contribution < -0.4 is 0 Å². The van der Waals surface area contributed by atoms with Crippen molar-refractivity contribution in [3.63, 3.8) is 0 Å². The minimum atomic E-state index is -0.485. The third kappa shape index (κ3) is 3.83. The third-order valence-electron chi connectivity index (χ3n) is 4.11. The van der Waals surface area contributed by atoms with Gasteiger partial charge in [-0.3, -0.25) is 4.79 Å². The molecule has 2 aromatic rings. The zero-order valence-corrected chi connectivity index (χ0v) is 14.7. The molecule has 1 aliphatic carbocycles. The first-order valence-electron chi connectivity index (χ1n) is 7.81. The Morgan fingerprint density at radius 3 is 1.64 bits per heavy atom. The summed E-state index contributed by atoms with van der Waals surface area (Å²) in [6, 6.07) is 8.74. The lowest BCUT2D eigenvalue weighted by atomic mass is 9.86. The first-order valence-corrected chi connectivity index (χ1v) is 8.57. The fraction of sp³-hybridized carbons (Fsp3) is 0.150. The van der Waals surface area contributed by atoms with Crippen molar-refractivity contribution in [2.45, 2.75) is 19.3 Å². The molecule has 0 saturated heterocycles. The summed E-state index contributed by atoms with van der Waals surface area (Å²) in [4.78, 5) is 12.7. The van der Waals surface area contributed by atoms with Gasteiger partial charge in [0.1, 0.15) is 11.6 Å². The van der Waals surface area contributed by atoms with Crippen LogP contribution in [0.15, 0.2) is 47.5 Å². The molecule has 1 aliphatic rings. The van der Waals surface area contributed by atoms with E-state index in [1.165, 1.54) is 36.4 Å². The number of benzene rings is 2. The number of hydrogen-bond acceptors (Lipinski definition) is 1. The maximum atomic E-state index is 14.0. The van der Waals surface area contributed by atoms with Crippen LogP contribution in [0.25, 0.3) is 12.2 Å². The van der Waals surface area contributed by atoms with Crippen molar-refractivity contribution in [1.29, 1.82) is 0 Å². The van der Waals surface area contributed by atoms with Gasteiger partial charge in [0, 0.05) is 22.3 Å². The Labute approximate surface area is 154 Å². The van der Waals surface area contributed by atoms with E-state index in [0.29, 0.717) is 30.4 Å². The topological polar surface area (TPSA) is 17.1 Å². The maximum Gasteiger partial charge on any atom is 0.185 e. The number of halogens is 4. The summed E-state index contributed by atoms with van der Waals surface area (Å²) in [6.07, 6.45) is 4.71. The van der Waals surface area contributed by atoms with Gasteiger partial charge in [0.25, 0.3) is 0 Å². The maximum absolute atomic E-state index is 14.0. The predicted octanol–water partition coefficient (Wildman–Crippen LogP) is 6.49. The van der Waals surface area contributed by atoms with Gasteiger partial charge in [-0.15, -0.1) is 0 Å². The normalized spacial score (nSPS) is 18.2. The highest BCUT2D eigenvalue weighted by molar-refractivity contribution is 6.33. The number of carbonyl (C=O) groups excluding carboxylic acids is 1. The number of ketones is 1. The summed E-state index contributed by atoms with van der Waals surface area (Å²) < 4.78 is 27.9. The molecule has 0 radical (unpaired) electrons. The summed E-state index contributed by atoms with van der Waals surface area (Å²) in [5, 5.41) is 0.488. The van der Waals surface area contributed by atoms with Crippen LogP contribution >= 0.6 is 23.2 Å². The largest absolute Gasteiger partial charge is 0.289 e. The highest BCUT2D eigenvalue weighted by Gasteiger charge is 2.22. The Morgan fingerprint density at radius 1 is 0.800 bits per heavy atom. The standard InChI is InChI=1S/C20H14Cl2F2O/c21-16-6-2-8-18(23)14(16)10-12-4-1-5-13(20(12)25)11-15-17(22)7-3-9-19(15)24/h2-3,6-11H,1,4-5H2. The minimum absolute atomic E-state index is 0.192. The Kier molecular flexibility index (Phi) is 5.36. The molecule has 5 heteroatoms. The van der Waals surface area contributed by atoms with Crippen LogP contribution in [0.5, 0.6) is 0 Å². The Hall–Kier alpha value is -1.97. The van der Waals surface area contributed by atoms with Crippen LogP contribution in [0, 0.1) is 11.6 Å². The molecule has 1 fully saturated rings. The van der Waals surface area contributed by atoms with E-state index in [9.17, 15) is 13.6 Å². The van der Waals surface area contributed by atoms with Crippen molar-refractivity contribution in [2.24, 2.45) is 0 Å². The lowest BCUT2D eigenvalue weighted by Crippen LogP contribution is -2.12. The second kappa shape index (κ2) is 7.51. The van der Waals surface area contributed by atoms with Gasteiger partial charge >= 0.3 is 0 Å². The Morgan fingerprint density at radius 2 is 1.24 bits per heavy atom. The van der Waals surface area contributed by atoms with Crippen LogP contribution in [0.4, 0.5) is 8.78 Å². The van der Waals surface area contributed by atoms with Crippen molar-refractivity contribution >= 4 is 41.1 Å². The van der Waals surface area contributed by atoms with E-state index in [0.717, 1.165) is 0 Å². The van der Waals surface area contributed by atoms with Crippen molar-refractivity contribution in [2.75, 3.05) is 0 Å². The molecule has 2 aromatic carbocycles. The lowest BCUT2D eigenvalue weighted by molar-refractivity contribution is -0.112. The van der Waals surface area contributed by atoms with E-state index in [1.54, 1.807) is 12.1 Å². The second-order valence-electron chi connectivity index (χ2n) is 5.79. The molecule has 3 rings (SSSR count). The summed E-state index contributed by atoms with van der Waals surface area (Å²) in [5.41, 5.74) is 1.30. The molecule has 0 N–H and O–H groups in total. The number of Topliss-reactive ketones (excluding diaryl/α,β-unsaturated/α-hetero) is 1. The lowest BCUT2D eigenvalue weighted by Gasteiger charge is -2.17. The summed E-state index contributed by atoms with van der Waals surface area (Å²) >= 11 is 12.1. The highest BCUT2D eigenvalue weighted by atomic mass is 35.5. The summed E-state index contributed by atoms with van der Waals surface area (Å²) in [6.45, 7) is 0. The summed E-state index contributed by atoms with van der Waals surface area (Å²) in [5.74, 6) is -1.20. The molecule has 0 amide bonds. The molecule has 25 heavy (non-hydrogen) atoms. The number of rotatable bonds is 2. The quantitative estimate of drug-likeness (QED) is 0.545. The molecule has 128 valence electrons. The van der Waals surface area contributed by atoms with Gasteiger partial charge in [0.2, 0.25) is 0 Å². The van der Waals surface area contributed by atoms with E-state index in [2.05, 4.69) is 0 Å². The monoisotopic (exact) mass is 378 g/mol. The smallest absolute Gasteiger partial charge is 0.185 e. The van der Waals surface area contributed by atoms with Crippen LogP contribution in [0.3, 0.4) is 0 Å². The van der Waals surface area contributed by atoms with Gasteiger partial charge in [0.05, 0.1) is 10.0 Å². The fourth-order valence-corrected chi connectivity index (χ4v) is 3.26. The first kappa shape index (κ1) is 17.8. The fourth-order valence-electron chi connectivity index (χ4n) is 2.82. The zero-order chi connectivity index (χ0) is 18.0. The van der Waals surface area contributed by atoms with E-state index in [4.69, 9.17) is 23.2 Å². The van der Waals surface area contributed by atoms with Gasteiger partial charge in [-0.1, -0.05) is 35.3 Å². The average molecular weight is 379 g/mol. The molecule has 0 heterocycles. The van der Waals surface area contributed by atoms with Crippen molar-refractivity contribution in [1.82, 2.24) is 0 Å². The molecular formula is C20H14Cl2F2O. The molecule has 0 aromatic heterocycles. The van der Waals surface area contributed by atoms with E-state index in [1.807, 2.05) is 0 Å². The van der Waals surface area contributed by atoms with Gasteiger partial charge in [-0.25, -0.2) is 8.78 Å². The highest BCUT2D eigenvalue weighted by Crippen LogP contribution is 2.32. The van der Waals surface area contributed by atoms with E-state index in [-0.39, 0.29) is 27.0 Å². The third-order valence-corrected chi connectivity index (χ3v) is 4.77. The first-order chi connectivity index (χ1) is 12.0. The molecule has 1 saturated carbocycles. The van der Waals surface area contributed by atoms with Crippen molar-refractivity contribution in [3.8, 4) is 0 Å². The number of allylic oxidation sites excluding steroid dienone is 2. The molecule has 0 unspecified atom stereocenters. The zero-order valence-electron chi connectivity index (χ0n) is 13.2. The second-order valence-corrected chi connectivity index (χ2v) is 6.61. The predicted molar refractivity (Wildman–Crippen MR) is 97.6 cm³/mol. The number of hydrogen-bond donors (Lipinski definition) is 0. The van der Waals surface area contributed by atoms with Crippen LogP contribution in [-0.4, -0.2) is 5.78 Å². The Bertz CT molecular complexity index is 789. The van der Waals surface area contributed by atoms with Crippen LogP contribution in [0.1, 0.15) is 30.4 Å². The van der Waals surface area contributed by atoms with Gasteiger partial charge < -0.3 is 0 Å². The Balaban J connectivity index is 1.99. The van der Waals surface area contributed by atoms with Crippen LogP contribution in [0.2, 0.25) is 10.0 Å². The van der Waals surface area contributed by atoms with Crippen molar-refractivity contribution < 1.29 is 13.6 Å². The van der Waals surface area contributed by atoms with E-state index >= 15 is 0 Å². The molecule has 0 atom stereocenters. The SMILES string of the molecule is O=C1C(=Cc2c(F)cccc2Cl)CCCC1=Cc1c(F)cccc1Cl. The molecule has 0 bridgehead atoms. The molecular weight excluding hydrogens is 365 g/mol. The molecule has 0 spiro atoms. The molecule has 1 nitrogen and oxygen atoms in total. The van der Waals surface area contributed by atoms with Gasteiger partial charge in [-0.05, 0) is 55.7 Å². The van der Waals surface area contributed by atoms with E-state index < -0.39 is 11.6 Å². The van der Waals surface area contributed by atoms with Crippen molar-refractivity contribution in [3.05, 3.63) is 80.4 Å². The number of carbonyl (C=O) groups is 1. The minimum Gasteiger partial charge on any atom is -0.289 e. The van der Waals surface area contributed by atoms with Gasteiger partial charge in [0.15, 0.2) is 5.78 Å². The average Bonchev–Trinajstić information content (AvgIpc) is 2.57. The summed E-state index contributed by atoms with van der Waals surface area (Å²) in [7, 11) is 0. The van der Waals surface area contributed by atoms with Crippen LogP contribution in [-0.2, 0) is 4.79 Å².